The Morgan fingerprint density at radius 1 is 1.38 bits per heavy atom. The van der Waals surface area contributed by atoms with Crippen LogP contribution < -0.4 is 15.5 Å². The van der Waals surface area contributed by atoms with Crippen LogP contribution in [0.5, 0.6) is 0 Å². The van der Waals surface area contributed by atoms with Crippen molar-refractivity contribution in [2.75, 3.05) is 30.9 Å². The second kappa shape index (κ2) is 6.56. The number of amides is 2. The van der Waals surface area contributed by atoms with E-state index in [-0.39, 0.29) is 24.2 Å². The Labute approximate surface area is 124 Å². The Kier molecular flexibility index (Phi) is 4.77. The maximum absolute atomic E-state index is 11.8. The van der Waals surface area contributed by atoms with Crippen LogP contribution in [-0.4, -0.2) is 37.4 Å². The van der Waals surface area contributed by atoms with Gasteiger partial charge in [-0.3, -0.25) is 9.59 Å². The summed E-state index contributed by atoms with van der Waals surface area (Å²) in [5.41, 5.74) is 0.660. The van der Waals surface area contributed by atoms with Gasteiger partial charge < -0.3 is 15.5 Å². The number of hydrogen-bond acceptors (Lipinski definition) is 4. The summed E-state index contributed by atoms with van der Waals surface area (Å²) < 4.78 is 0. The summed E-state index contributed by atoms with van der Waals surface area (Å²) in [6.07, 6.45) is 2.85. The molecule has 2 amide bonds. The lowest BCUT2D eigenvalue weighted by Crippen LogP contribution is -2.29. The Balaban J connectivity index is 1.70. The third-order valence-electron chi connectivity index (χ3n) is 3.59. The minimum Gasteiger partial charge on any atom is -0.363 e. The fourth-order valence-electron chi connectivity index (χ4n) is 2.07. The van der Waals surface area contributed by atoms with Gasteiger partial charge in [0, 0.05) is 33.0 Å². The van der Waals surface area contributed by atoms with E-state index < -0.39 is 0 Å². The summed E-state index contributed by atoms with van der Waals surface area (Å²) in [7, 11) is 3.81. The minimum absolute atomic E-state index is 0.0623. The molecule has 1 heterocycles. The molecule has 0 saturated heterocycles. The number of hydrogen-bond donors (Lipinski definition) is 2. The number of carbonyl (C=O) groups excluding carboxylic acids is 2. The first-order valence-electron chi connectivity index (χ1n) is 7.18. The van der Waals surface area contributed by atoms with Crippen molar-refractivity contribution in [3.63, 3.8) is 0 Å². The van der Waals surface area contributed by atoms with Gasteiger partial charge in [-0.15, -0.1) is 0 Å². The molecule has 2 rings (SSSR count). The van der Waals surface area contributed by atoms with Crippen LogP contribution in [0.3, 0.4) is 0 Å². The topological polar surface area (TPSA) is 74.3 Å². The zero-order valence-corrected chi connectivity index (χ0v) is 12.7. The monoisotopic (exact) mass is 290 g/mol. The first kappa shape index (κ1) is 15.3. The van der Waals surface area contributed by atoms with Crippen molar-refractivity contribution < 1.29 is 9.59 Å². The van der Waals surface area contributed by atoms with E-state index in [9.17, 15) is 9.59 Å². The summed E-state index contributed by atoms with van der Waals surface area (Å²) in [5.74, 6) is 1.40. The summed E-state index contributed by atoms with van der Waals surface area (Å²) >= 11 is 0. The lowest BCUT2D eigenvalue weighted by molar-refractivity contribution is -0.122. The number of carbonyl (C=O) groups is 2. The maximum atomic E-state index is 11.8. The molecule has 6 nitrogen and oxygen atoms in total. The van der Waals surface area contributed by atoms with E-state index in [1.807, 2.05) is 31.1 Å². The summed E-state index contributed by atoms with van der Waals surface area (Å²) in [5, 5.41) is 5.56. The van der Waals surface area contributed by atoms with Crippen LogP contribution >= 0.6 is 0 Å². The highest BCUT2D eigenvalue weighted by Gasteiger charge is 2.38. The molecule has 0 aliphatic heterocycles. The Hall–Kier alpha value is -2.11. The largest absolute Gasteiger partial charge is 0.363 e. The van der Waals surface area contributed by atoms with Gasteiger partial charge in [0.15, 0.2) is 0 Å². The fraction of sp³-hybridized carbons (Fsp3) is 0.533. The lowest BCUT2D eigenvalue weighted by atomic mass is 10.3. The molecular weight excluding hydrogens is 268 g/mol. The molecule has 1 aliphatic rings. The average Bonchev–Trinajstić information content (AvgIpc) is 3.16. The van der Waals surface area contributed by atoms with Crippen molar-refractivity contribution >= 4 is 23.3 Å². The van der Waals surface area contributed by atoms with Crippen molar-refractivity contribution in [1.82, 2.24) is 10.3 Å². The van der Waals surface area contributed by atoms with E-state index >= 15 is 0 Å². The van der Waals surface area contributed by atoms with Crippen LogP contribution in [-0.2, 0) is 9.59 Å². The van der Waals surface area contributed by atoms with Gasteiger partial charge in [0.1, 0.15) is 5.82 Å². The van der Waals surface area contributed by atoms with E-state index in [0.717, 1.165) is 12.2 Å². The summed E-state index contributed by atoms with van der Waals surface area (Å²) in [6, 6.07) is 3.65. The predicted molar refractivity (Wildman–Crippen MR) is 82.1 cm³/mol. The third-order valence-corrected chi connectivity index (χ3v) is 3.59. The van der Waals surface area contributed by atoms with Crippen LogP contribution in [0.4, 0.5) is 11.5 Å². The van der Waals surface area contributed by atoms with Crippen molar-refractivity contribution in [1.29, 1.82) is 0 Å². The van der Waals surface area contributed by atoms with Crippen LogP contribution in [0.15, 0.2) is 18.3 Å². The molecule has 0 radical (unpaired) electrons. The van der Waals surface area contributed by atoms with E-state index in [1.165, 1.54) is 0 Å². The maximum Gasteiger partial charge on any atom is 0.226 e. The van der Waals surface area contributed by atoms with E-state index in [2.05, 4.69) is 22.5 Å². The quantitative estimate of drug-likeness (QED) is 0.827. The number of anilines is 2. The van der Waals surface area contributed by atoms with Crippen molar-refractivity contribution in [3.05, 3.63) is 18.3 Å². The molecule has 21 heavy (non-hydrogen) atoms. The van der Waals surface area contributed by atoms with Crippen LogP contribution in [0.2, 0.25) is 0 Å². The van der Waals surface area contributed by atoms with Crippen molar-refractivity contribution in [2.45, 2.75) is 19.8 Å². The van der Waals surface area contributed by atoms with Gasteiger partial charge in [0.25, 0.3) is 0 Å². The molecule has 0 unspecified atom stereocenters. The van der Waals surface area contributed by atoms with Gasteiger partial charge in [0.05, 0.1) is 11.9 Å². The lowest BCUT2D eigenvalue weighted by Gasteiger charge is -2.11. The van der Waals surface area contributed by atoms with Crippen LogP contribution in [0.25, 0.3) is 0 Å². The number of aromatic nitrogens is 1. The van der Waals surface area contributed by atoms with Gasteiger partial charge in [-0.25, -0.2) is 4.98 Å². The molecule has 2 N–H and O–H groups in total. The van der Waals surface area contributed by atoms with Crippen molar-refractivity contribution in [2.24, 2.45) is 11.8 Å². The molecule has 1 fully saturated rings. The van der Waals surface area contributed by atoms with E-state index in [1.54, 1.807) is 6.20 Å². The zero-order valence-electron chi connectivity index (χ0n) is 12.7. The molecule has 2 atom stereocenters. The van der Waals surface area contributed by atoms with Gasteiger partial charge in [-0.05, 0) is 24.5 Å². The van der Waals surface area contributed by atoms with E-state index in [4.69, 9.17) is 0 Å². The molecule has 0 aromatic carbocycles. The molecule has 0 spiro atoms. The summed E-state index contributed by atoms with van der Waals surface area (Å²) in [6.45, 7) is 2.43. The number of nitrogens with zero attached hydrogens (tertiary/aromatic N) is 2. The standard InChI is InChI=1S/C15H22N4O2/c1-10-8-12(10)15(21)16-7-6-14(20)18-11-4-5-13(17-9-11)19(2)3/h4-5,9-10,12H,6-8H2,1-3H3,(H,16,21)(H,18,20)/t10-,12+/m1/s1. The highest BCUT2D eigenvalue weighted by molar-refractivity contribution is 5.91. The second-order valence-electron chi connectivity index (χ2n) is 5.71. The zero-order chi connectivity index (χ0) is 15.4. The summed E-state index contributed by atoms with van der Waals surface area (Å²) in [4.78, 5) is 29.5. The Bertz CT molecular complexity index is 513. The highest BCUT2D eigenvalue weighted by Crippen LogP contribution is 2.37. The smallest absolute Gasteiger partial charge is 0.226 e. The molecule has 1 saturated carbocycles. The Morgan fingerprint density at radius 2 is 2.10 bits per heavy atom. The normalized spacial score (nSPS) is 19.8. The SMILES string of the molecule is C[C@@H]1C[C@@H]1C(=O)NCCC(=O)Nc1ccc(N(C)C)nc1. The fourth-order valence-corrected chi connectivity index (χ4v) is 2.07. The molecule has 6 heteroatoms. The van der Waals surface area contributed by atoms with Gasteiger partial charge in [-0.1, -0.05) is 6.92 Å². The first-order valence-corrected chi connectivity index (χ1v) is 7.18. The number of nitrogens with one attached hydrogen (secondary N) is 2. The number of pyridine rings is 1. The molecular formula is C15H22N4O2. The average molecular weight is 290 g/mol. The molecule has 1 aliphatic carbocycles. The van der Waals surface area contributed by atoms with E-state index in [0.29, 0.717) is 18.2 Å². The third kappa shape index (κ3) is 4.44. The van der Waals surface area contributed by atoms with Gasteiger partial charge in [0.2, 0.25) is 11.8 Å². The minimum atomic E-state index is -0.126. The molecule has 0 bridgehead atoms. The number of rotatable bonds is 6. The molecule has 1 aromatic heterocycles. The second-order valence-corrected chi connectivity index (χ2v) is 5.71. The van der Waals surface area contributed by atoms with Crippen LogP contribution in [0.1, 0.15) is 19.8 Å². The van der Waals surface area contributed by atoms with Crippen LogP contribution in [0, 0.1) is 11.8 Å². The van der Waals surface area contributed by atoms with Crippen molar-refractivity contribution in [3.8, 4) is 0 Å². The molecule has 1 aromatic rings. The molecule has 114 valence electrons. The van der Waals surface area contributed by atoms with Gasteiger partial charge in [-0.2, -0.15) is 0 Å². The Morgan fingerprint density at radius 3 is 2.62 bits per heavy atom. The first-order chi connectivity index (χ1) is 9.97. The van der Waals surface area contributed by atoms with Gasteiger partial charge >= 0.3 is 0 Å². The highest BCUT2D eigenvalue weighted by atomic mass is 16.2. The predicted octanol–water partition coefficient (Wildman–Crippen LogP) is 1.25.